The van der Waals surface area contributed by atoms with E-state index in [4.69, 9.17) is 5.73 Å². The topological polar surface area (TPSA) is 64.3 Å². The second kappa shape index (κ2) is 5.91. The number of benzene rings is 1. The fourth-order valence-electron chi connectivity index (χ4n) is 2.27. The summed E-state index contributed by atoms with van der Waals surface area (Å²) in [6.07, 6.45) is 2.28. The molecule has 0 amide bonds. The van der Waals surface area contributed by atoms with Gasteiger partial charge < -0.3 is 15.8 Å². The summed E-state index contributed by atoms with van der Waals surface area (Å²) in [4.78, 5) is 11.6. The minimum Gasteiger partial charge on any atom is -0.465 e. The van der Waals surface area contributed by atoms with Gasteiger partial charge in [0.25, 0.3) is 0 Å². The van der Waals surface area contributed by atoms with Gasteiger partial charge in [0, 0.05) is 17.0 Å². The predicted molar refractivity (Wildman–Crippen MR) is 80.7 cm³/mol. The molecule has 2 rings (SSSR count). The number of nitrogens with one attached hydrogen (secondary N) is 1. The van der Waals surface area contributed by atoms with Gasteiger partial charge in [0.15, 0.2) is 0 Å². The molecule has 1 atom stereocenters. The summed E-state index contributed by atoms with van der Waals surface area (Å²) < 4.78 is 18.6. The number of carbonyl (C=O) groups is 1. The Kier molecular flexibility index (Phi) is 4.42. The van der Waals surface area contributed by atoms with Crippen molar-refractivity contribution in [1.82, 2.24) is 0 Å². The Morgan fingerprint density at radius 2 is 2.35 bits per heavy atom. The predicted octanol–water partition coefficient (Wildman–Crippen LogP) is 2.89. The Hall–Kier alpha value is -1.43. The fourth-order valence-corrected chi connectivity index (χ4v) is 3.51. The van der Waals surface area contributed by atoms with Crippen molar-refractivity contribution >= 4 is 29.1 Å². The van der Waals surface area contributed by atoms with Crippen LogP contribution in [0.5, 0.6) is 0 Å². The molecule has 0 saturated carbocycles. The van der Waals surface area contributed by atoms with Crippen molar-refractivity contribution in [2.24, 2.45) is 0 Å². The van der Waals surface area contributed by atoms with Crippen LogP contribution in [0, 0.1) is 5.82 Å². The Labute approximate surface area is 122 Å². The molecule has 0 bridgehead atoms. The van der Waals surface area contributed by atoms with Gasteiger partial charge in [0.2, 0.25) is 0 Å². The molecule has 1 aliphatic rings. The van der Waals surface area contributed by atoms with E-state index in [9.17, 15) is 9.18 Å². The van der Waals surface area contributed by atoms with Crippen molar-refractivity contribution in [2.45, 2.75) is 24.5 Å². The maximum atomic E-state index is 13.9. The molecular weight excluding hydrogens is 279 g/mol. The fraction of sp³-hybridized carbons (Fsp3) is 0.500. The molecule has 0 spiro atoms. The first-order valence-corrected chi connectivity index (χ1v) is 7.49. The molecule has 1 aromatic rings. The molecule has 1 heterocycles. The van der Waals surface area contributed by atoms with Crippen molar-refractivity contribution in [2.75, 3.05) is 30.5 Å². The number of anilines is 2. The van der Waals surface area contributed by atoms with Gasteiger partial charge >= 0.3 is 5.97 Å². The number of hydrogen-bond acceptors (Lipinski definition) is 5. The monoisotopic (exact) mass is 298 g/mol. The molecule has 110 valence electrons. The van der Waals surface area contributed by atoms with Gasteiger partial charge in [-0.2, -0.15) is 11.8 Å². The smallest absolute Gasteiger partial charge is 0.340 e. The van der Waals surface area contributed by atoms with Gasteiger partial charge in [0.1, 0.15) is 5.82 Å². The normalized spacial score (nSPS) is 21.8. The lowest BCUT2D eigenvalue weighted by Crippen LogP contribution is -2.27. The summed E-state index contributed by atoms with van der Waals surface area (Å²) in [6.45, 7) is 2.81. The number of nitrogen functional groups attached to an aromatic ring is 1. The minimum absolute atomic E-state index is 0.0846. The van der Waals surface area contributed by atoms with Crippen LogP contribution in [0.25, 0.3) is 0 Å². The van der Waals surface area contributed by atoms with Gasteiger partial charge in [-0.3, -0.25) is 0 Å². The summed E-state index contributed by atoms with van der Waals surface area (Å²) in [5.41, 5.74) is 6.19. The second-order valence-corrected chi connectivity index (χ2v) is 6.85. The Balaban J connectivity index is 2.16. The lowest BCUT2D eigenvalue weighted by molar-refractivity contribution is 0.0602. The number of nitrogens with two attached hydrogens (primary N) is 1. The number of halogens is 1. The molecule has 0 aliphatic carbocycles. The first-order chi connectivity index (χ1) is 9.45. The van der Waals surface area contributed by atoms with E-state index in [2.05, 4.69) is 17.0 Å². The van der Waals surface area contributed by atoms with E-state index in [-0.39, 0.29) is 21.7 Å². The molecule has 1 saturated heterocycles. The van der Waals surface area contributed by atoms with Crippen LogP contribution < -0.4 is 11.1 Å². The zero-order valence-corrected chi connectivity index (χ0v) is 12.5. The van der Waals surface area contributed by atoms with E-state index in [1.54, 1.807) is 0 Å². The second-order valence-electron chi connectivity index (χ2n) is 5.17. The number of carbonyl (C=O) groups excluding carboxylic acids is 1. The van der Waals surface area contributed by atoms with Gasteiger partial charge in [0.05, 0.1) is 18.4 Å². The number of hydrogen-bond donors (Lipinski definition) is 2. The van der Waals surface area contributed by atoms with Crippen LogP contribution in [0.3, 0.4) is 0 Å². The summed E-state index contributed by atoms with van der Waals surface area (Å²) in [7, 11) is 1.27. The number of methoxy groups -OCH3 is 1. The van der Waals surface area contributed by atoms with Gasteiger partial charge in [-0.05, 0) is 37.7 Å². The average Bonchev–Trinajstić information content (AvgIpc) is 2.84. The molecule has 1 fully saturated rings. The van der Waals surface area contributed by atoms with Gasteiger partial charge in [-0.25, -0.2) is 9.18 Å². The molecule has 0 radical (unpaired) electrons. The van der Waals surface area contributed by atoms with Crippen LogP contribution in [0.15, 0.2) is 12.1 Å². The Morgan fingerprint density at radius 3 is 2.95 bits per heavy atom. The first-order valence-electron chi connectivity index (χ1n) is 6.50. The highest BCUT2D eigenvalue weighted by Crippen LogP contribution is 2.38. The maximum Gasteiger partial charge on any atom is 0.340 e. The van der Waals surface area contributed by atoms with Crippen LogP contribution in [0.2, 0.25) is 0 Å². The third-order valence-corrected chi connectivity index (χ3v) is 5.04. The first kappa shape index (κ1) is 15.0. The lowest BCUT2D eigenvalue weighted by atomic mass is 10.1. The van der Waals surface area contributed by atoms with E-state index in [1.165, 1.54) is 19.6 Å². The van der Waals surface area contributed by atoms with Crippen molar-refractivity contribution in [3.05, 3.63) is 23.5 Å². The van der Waals surface area contributed by atoms with Gasteiger partial charge in [-0.1, -0.05) is 0 Å². The number of thioether (sulfide) groups is 1. The van der Waals surface area contributed by atoms with E-state index in [0.717, 1.165) is 18.2 Å². The van der Waals surface area contributed by atoms with Crippen molar-refractivity contribution < 1.29 is 13.9 Å². The third kappa shape index (κ3) is 3.17. The van der Waals surface area contributed by atoms with Crippen molar-refractivity contribution in [3.8, 4) is 0 Å². The standard InChI is InChI=1S/C14H19FN2O2S/c1-14(4-3-5-20-14)8-17-12-6-9(13(18)19-2)11(16)7-10(12)15/h6-7,17H,3-5,8,16H2,1-2H3. The SMILES string of the molecule is COC(=O)c1cc(NCC2(C)CCCS2)c(F)cc1N. The zero-order chi connectivity index (χ0) is 14.8. The summed E-state index contributed by atoms with van der Waals surface area (Å²) in [5.74, 6) is 0.115. The highest BCUT2D eigenvalue weighted by Gasteiger charge is 2.29. The van der Waals surface area contributed by atoms with E-state index in [1.807, 2.05) is 11.8 Å². The van der Waals surface area contributed by atoms with Crippen LogP contribution in [0.4, 0.5) is 15.8 Å². The Morgan fingerprint density at radius 1 is 1.60 bits per heavy atom. The van der Waals surface area contributed by atoms with E-state index in [0.29, 0.717) is 6.54 Å². The molecule has 3 N–H and O–H groups in total. The lowest BCUT2D eigenvalue weighted by Gasteiger charge is -2.24. The summed E-state index contributed by atoms with van der Waals surface area (Å²) >= 11 is 1.89. The molecule has 1 aromatic carbocycles. The van der Waals surface area contributed by atoms with Gasteiger partial charge in [-0.15, -0.1) is 0 Å². The van der Waals surface area contributed by atoms with E-state index < -0.39 is 11.8 Å². The third-order valence-electron chi connectivity index (χ3n) is 3.50. The maximum absolute atomic E-state index is 13.9. The summed E-state index contributed by atoms with van der Waals surface area (Å²) in [6, 6.07) is 2.57. The number of rotatable bonds is 4. The molecule has 1 aliphatic heterocycles. The van der Waals surface area contributed by atoms with Crippen LogP contribution in [0.1, 0.15) is 30.1 Å². The van der Waals surface area contributed by atoms with Crippen LogP contribution in [-0.4, -0.2) is 30.1 Å². The zero-order valence-electron chi connectivity index (χ0n) is 11.7. The number of ether oxygens (including phenoxy) is 1. The minimum atomic E-state index is -0.563. The molecule has 6 heteroatoms. The average molecular weight is 298 g/mol. The molecule has 20 heavy (non-hydrogen) atoms. The molecule has 1 unspecified atom stereocenters. The van der Waals surface area contributed by atoms with Crippen LogP contribution >= 0.6 is 11.8 Å². The van der Waals surface area contributed by atoms with Crippen LogP contribution in [-0.2, 0) is 4.74 Å². The highest BCUT2D eigenvalue weighted by atomic mass is 32.2. The highest BCUT2D eigenvalue weighted by molar-refractivity contribution is 8.00. The molecule has 0 aromatic heterocycles. The molecular formula is C14H19FN2O2S. The van der Waals surface area contributed by atoms with Crippen molar-refractivity contribution in [1.29, 1.82) is 0 Å². The molecule has 4 nitrogen and oxygen atoms in total. The largest absolute Gasteiger partial charge is 0.465 e. The Bertz CT molecular complexity index is 516. The van der Waals surface area contributed by atoms with E-state index >= 15 is 0 Å². The van der Waals surface area contributed by atoms with Crippen molar-refractivity contribution in [3.63, 3.8) is 0 Å². The summed E-state index contributed by atoms with van der Waals surface area (Å²) in [5, 5.41) is 3.08. The number of esters is 1. The quantitative estimate of drug-likeness (QED) is 0.661.